The summed E-state index contributed by atoms with van der Waals surface area (Å²) in [6, 6.07) is 8.95. The van der Waals surface area contributed by atoms with Gasteiger partial charge in [-0.1, -0.05) is 23.8 Å². The van der Waals surface area contributed by atoms with Gasteiger partial charge in [0, 0.05) is 17.7 Å². The van der Waals surface area contributed by atoms with Crippen molar-refractivity contribution >= 4 is 5.69 Å². The van der Waals surface area contributed by atoms with Gasteiger partial charge in [-0.15, -0.1) is 4.91 Å². The van der Waals surface area contributed by atoms with Gasteiger partial charge >= 0.3 is 0 Å². The van der Waals surface area contributed by atoms with Crippen molar-refractivity contribution < 1.29 is 9.84 Å². The summed E-state index contributed by atoms with van der Waals surface area (Å²) < 4.78 is 5.65. The van der Waals surface area contributed by atoms with E-state index < -0.39 is 5.60 Å². The lowest BCUT2D eigenvalue weighted by molar-refractivity contribution is 0.0388. The predicted molar refractivity (Wildman–Crippen MR) is 94.0 cm³/mol. The van der Waals surface area contributed by atoms with Gasteiger partial charge in [0.25, 0.3) is 0 Å². The molecular formula is C19H21N3O3. The number of benzene rings is 1. The lowest BCUT2D eigenvalue weighted by Crippen LogP contribution is -2.42. The molecule has 3 rings (SSSR count). The topological polar surface area (TPSA) is 94.7 Å². The molecule has 0 saturated heterocycles. The van der Waals surface area contributed by atoms with Gasteiger partial charge in [-0.3, -0.25) is 0 Å². The largest absolute Gasteiger partial charge is 0.490 e. The molecule has 130 valence electrons. The maximum absolute atomic E-state index is 10.8. The van der Waals surface area contributed by atoms with Gasteiger partial charge < -0.3 is 15.2 Å². The number of fused-ring (bicyclic) bond motifs is 1. The molecule has 1 aromatic rings. The Hall–Kier alpha value is -2.65. The van der Waals surface area contributed by atoms with Gasteiger partial charge in [0.15, 0.2) is 0 Å². The molecule has 1 aromatic carbocycles. The van der Waals surface area contributed by atoms with Crippen LogP contribution in [0.25, 0.3) is 0 Å². The Morgan fingerprint density at radius 2 is 2.28 bits per heavy atom. The Balaban J connectivity index is 1.69. The Morgan fingerprint density at radius 3 is 3.00 bits per heavy atom. The predicted octanol–water partition coefficient (Wildman–Crippen LogP) is 3.18. The molecule has 0 amide bonds. The van der Waals surface area contributed by atoms with E-state index >= 15 is 0 Å². The highest BCUT2D eigenvalue weighted by Crippen LogP contribution is 2.36. The molecule has 2 aliphatic rings. The van der Waals surface area contributed by atoms with E-state index in [9.17, 15) is 15.3 Å². The lowest BCUT2D eigenvalue weighted by Gasteiger charge is -2.28. The third-order valence-electron chi connectivity index (χ3n) is 4.84. The highest BCUT2D eigenvalue weighted by atomic mass is 16.5. The van der Waals surface area contributed by atoms with Crippen LogP contribution >= 0.6 is 0 Å². The molecule has 6 nitrogen and oxygen atoms in total. The van der Waals surface area contributed by atoms with Crippen molar-refractivity contribution in [2.24, 2.45) is 17.0 Å². The highest BCUT2D eigenvalue weighted by molar-refractivity contribution is 5.43. The van der Waals surface area contributed by atoms with E-state index in [1.807, 2.05) is 13.0 Å². The fraction of sp³-hybridized carbons (Fsp3) is 0.421. The van der Waals surface area contributed by atoms with Crippen molar-refractivity contribution in [2.45, 2.75) is 31.9 Å². The first-order valence-corrected chi connectivity index (χ1v) is 8.28. The van der Waals surface area contributed by atoms with Gasteiger partial charge in [-0.25, -0.2) is 0 Å². The minimum absolute atomic E-state index is 0.0396. The Kier molecular flexibility index (Phi) is 4.60. The van der Waals surface area contributed by atoms with E-state index in [1.54, 1.807) is 25.1 Å². The van der Waals surface area contributed by atoms with Gasteiger partial charge in [-0.2, -0.15) is 5.26 Å². The molecule has 1 heterocycles. The van der Waals surface area contributed by atoms with Crippen LogP contribution in [0.5, 0.6) is 5.75 Å². The van der Waals surface area contributed by atoms with E-state index in [1.165, 1.54) is 6.07 Å². The molecule has 4 atom stereocenters. The summed E-state index contributed by atoms with van der Waals surface area (Å²) in [5, 5.41) is 26.3. The number of hydrogen-bond acceptors (Lipinski definition) is 6. The zero-order chi connectivity index (χ0) is 18.0. The third kappa shape index (κ3) is 3.57. The van der Waals surface area contributed by atoms with Crippen LogP contribution in [0.15, 0.2) is 52.9 Å². The monoisotopic (exact) mass is 339 g/mol. The number of hydrogen-bond donors (Lipinski definition) is 2. The number of nitriles is 1. The minimum Gasteiger partial charge on any atom is -0.490 e. The van der Waals surface area contributed by atoms with Crippen molar-refractivity contribution in [3.05, 3.63) is 52.6 Å². The zero-order valence-corrected chi connectivity index (χ0v) is 14.3. The molecule has 0 radical (unpaired) electrons. The number of nitrogens with one attached hydrogen (secondary N) is 1. The van der Waals surface area contributed by atoms with Crippen LogP contribution in [0.1, 0.15) is 20.3 Å². The molecule has 1 aliphatic heterocycles. The van der Waals surface area contributed by atoms with Crippen LogP contribution in [-0.4, -0.2) is 23.4 Å². The quantitative estimate of drug-likeness (QED) is 0.634. The van der Waals surface area contributed by atoms with Crippen LogP contribution in [0.3, 0.4) is 0 Å². The average Bonchev–Trinajstić information content (AvgIpc) is 3.03. The van der Waals surface area contributed by atoms with Crippen LogP contribution in [0, 0.1) is 28.1 Å². The lowest BCUT2D eigenvalue weighted by atomic mass is 9.80. The van der Waals surface area contributed by atoms with Crippen molar-refractivity contribution in [2.75, 3.05) is 6.61 Å². The van der Waals surface area contributed by atoms with Crippen molar-refractivity contribution in [1.82, 2.24) is 5.32 Å². The third-order valence-corrected chi connectivity index (χ3v) is 4.84. The van der Waals surface area contributed by atoms with E-state index in [2.05, 4.69) is 22.6 Å². The Bertz CT molecular complexity index is 776. The number of nitrogens with zero attached hydrogens (tertiary/aromatic N) is 2. The maximum Gasteiger partial charge on any atom is 0.135 e. The average molecular weight is 339 g/mol. The first-order valence-electron chi connectivity index (χ1n) is 8.28. The molecule has 2 N–H and O–H groups in total. The van der Waals surface area contributed by atoms with Crippen molar-refractivity contribution in [3.8, 4) is 11.8 Å². The molecule has 1 aliphatic carbocycles. The number of nitroso groups, excluding NO2 is 1. The second-order valence-electron chi connectivity index (χ2n) is 6.89. The summed E-state index contributed by atoms with van der Waals surface area (Å²) in [6.07, 6.45) is 4.83. The summed E-state index contributed by atoms with van der Waals surface area (Å²) in [5.74, 6) is 0.601. The number of rotatable bonds is 5. The van der Waals surface area contributed by atoms with E-state index in [0.29, 0.717) is 11.4 Å². The number of aliphatic hydroxyl groups is 1. The standard InChI is InChI=1S/C19H21N3O3/c1-12-6-17-13(7-14(12)10-20)8-18(21-17)19(2,23)11-25-16-5-3-4-15(9-16)22-24/h3-6,8-9,13-14,17,21,23H,7,11H2,1-2H3. The summed E-state index contributed by atoms with van der Waals surface area (Å²) in [6.45, 7) is 3.69. The van der Waals surface area contributed by atoms with E-state index in [0.717, 1.165) is 12.0 Å². The minimum atomic E-state index is -1.20. The van der Waals surface area contributed by atoms with E-state index in [-0.39, 0.29) is 30.2 Å². The number of ether oxygens (including phenoxy) is 1. The van der Waals surface area contributed by atoms with Gasteiger partial charge in [0.1, 0.15) is 23.6 Å². The summed E-state index contributed by atoms with van der Waals surface area (Å²) in [7, 11) is 0. The Labute approximate surface area is 146 Å². The summed E-state index contributed by atoms with van der Waals surface area (Å²) >= 11 is 0. The van der Waals surface area contributed by atoms with Gasteiger partial charge in [0.05, 0.1) is 18.0 Å². The number of allylic oxidation sites excluding steroid dienone is 1. The van der Waals surface area contributed by atoms with Gasteiger partial charge in [0.2, 0.25) is 0 Å². The first-order chi connectivity index (χ1) is 11.9. The smallest absolute Gasteiger partial charge is 0.135 e. The van der Waals surface area contributed by atoms with E-state index in [4.69, 9.17) is 4.74 Å². The fourth-order valence-corrected chi connectivity index (χ4v) is 3.31. The van der Waals surface area contributed by atoms with Crippen LogP contribution < -0.4 is 10.1 Å². The molecule has 6 heteroatoms. The molecular weight excluding hydrogens is 318 g/mol. The van der Waals surface area contributed by atoms with Crippen LogP contribution in [-0.2, 0) is 0 Å². The molecule has 0 spiro atoms. The van der Waals surface area contributed by atoms with Crippen molar-refractivity contribution in [3.63, 3.8) is 0 Å². The van der Waals surface area contributed by atoms with Gasteiger partial charge in [-0.05, 0) is 37.6 Å². The SMILES string of the molecule is CC1=CC2NC(C(C)(O)COc3cccc(N=O)c3)=CC2CC1C#N. The highest BCUT2D eigenvalue weighted by Gasteiger charge is 2.38. The molecule has 4 unspecified atom stereocenters. The molecule has 25 heavy (non-hydrogen) atoms. The first kappa shape index (κ1) is 17.2. The maximum atomic E-state index is 10.8. The van der Waals surface area contributed by atoms with Crippen LogP contribution in [0.4, 0.5) is 5.69 Å². The zero-order valence-electron chi connectivity index (χ0n) is 14.3. The molecule has 0 aromatic heterocycles. The molecule has 0 fully saturated rings. The van der Waals surface area contributed by atoms with Crippen LogP contribution in [0.2, 0.25) is 0 Å². The Morgan fingerprint density at radius 1 is 1.48 bits per heavy atom. The van der Waals surface area contributed by atoms with Crippen molar-refractivity contribution in [1.29, 1.82) is 5.26 Å². The fourth-order valence-electron chi connectivity index (χ4n) is 3.31. The normalized spacial score (nSPS) is 27.0. The molecule has 0 saturated carbocycles. The summed E-state index contributed by atoms with van der Waals surface area (Å²) in [4.78, 5) is 10.6. The summed E-state index contributed by atoms with van der Waals surface area (Å²) in [5.41, 5.74) is 0.852. The molecule has 0 bridgehead atoms. The second kappa shape index (κ2) is 6.69. The second-order valence-corrected chi connectivity index (χ2v) is 6.89.